The van der Waals surface area contributed by atoms with Gasteiger partial charge < -0.3 is 21.1 Å². The monoisotopic (exact) mass is 417 g/mol. The molecule has 1 aliphatic rings. The molecule has 3 rings (SSSR count). The molecule has 9 heteroatoms. The van der Waals surface area contributed by atoms with Gasteiger partial charge in [-0.3, -0.25) is 4.79 Å². The largest absolute Gasteiger partial charge is 0.387 e. The molecule has 0 aromatic heterocycles. The molecule has 3 amide bonds. The fourth-order valence-corrected chi connectivity index (χ4v) is 4.72. The predicted molar refractivity (Wildman–Crippen MR) is 109 cm³/mol. The van der Waals surface area contributed by atoms with Crippen LogP contribution in [0.25, 0.3) is 0 Å². The van der Waals surface area contributed by atoms with Crippen LogP contribution in [0.2, 0.25) is 0 Å². The van der Waals surface area contributed by atoms with E-state index >= 15 is 0 Å². The van der Waals surface area contributed by atoms with Crippen molar-refractivity contribution in [3.8, 4) is 0 Å². The van der Waals surface area contributed by atoms with E-state index in [1.54, 1.807) is 36.4 Å². The van der Waals surface area contributed by atoms with Gasteiger partial charge in [-0.25, -0.2) is 13.2 Å². The van der Waals surface area contributed by atoms with Gasteiger partial charge >= 0.3 is 6.03 Å². The second kappa shape index (κ2) is 9.06. The Morgan fingerprint density at radius 1 is 1.07 bits per heavy atom. The van der Waals surface area contributed by atoms with Crippen LogP contribution in [0.4, 0.5) is 10.5 Å². The molecule has 154 valence electrons. The number of sulfone groups is 1. The van der Waals surface area contributed by atoms with Crippen LogP contribution in [0.5, 0.6) is 0 Å². The van der Waals surface area contributed by atoms with Crippen molar-refractivity contribution in [2.45, 2.75) is 18.6 Å². The summed E-state index contributed by atoms with van der Waals surface area (Å²) in [5.41, 5.74) is 1.58. The third kappa shape index (κ3) is 6.03. The number of hydrogen-bond donors (Lipinski definition) is 4. The molecule has 0 aliphatic carbocycles. The molecular formula is C20H23N3O5S. The van der Waals surface area contributed by atoms with Gasteiger partial charge in [0.15, 0.2) is 9.84 Å². The SMILES string of the molecule is O=C(Nc1ccc(C(=O)NC[C@@H](O)c2ccccc2)cc1)N[C@@H]1CCS(=O)(=O)C1. The second-order valence-electron chi connectivity index (χ2n) is 6.91. The van der Waals surface area contributed by atoms with E-state index in [9.17, 15) is 23.1 Å². The molecule has 8 nitrogen and oxygen atoms in total. The van der Waals surface area contributed by atoms with Crippen molar-refractivity contribution in [3.05, 3.63) is 65.7 Å². The predicted octanol–water partition coefficient (Wildman–Crippen LogP) is 1.46. The number of anilines is 1. The standard InChI is InChI=1S/C20H23N3O5S/c24-18(14-4-2-1-3-5-14)12-21-19(25)15-6-8-16(9-7-15)22-20(26)23-17-10-11-29(27,28)13-17/h1-9,17-18,24H,10-13H2,(H,21,25)(H2,22,23,26)/t17-,18-/m1/s1. The lowest BCUT2D eigenvalue weighted by molar-refractivity contribution is 0.0916. The van der Waals surface area contributed by atoms with E-state index in [4.69, 9.17) is 0 Å². The highest BCUT2D eigenvalue weighted by molar-refractivity contribution is 7.91. The van der Waals surface area contributed by atoms with Crippen LogP contribution in [0.3, 0.4) is 0 Å². The number of aliphatic hydroxyl groups excluding tert-OH is 1. The Morgan fingerprint density at radius 3 is 2.38 bits per heavy atom. The zero-order chi connectivity index (χ0) is 20.9. The van der Waals surface area contributed by atoms with E-state index in [2.05, 4.69) is 16.0 Å². The van der Waals surface area contributed by atoms with Crippen molar-refractivity contribution < 1.29 is 23.1 Å². The Morgan fingerprint density at radius 2 is 1.76 bits per heavy atom. The van der Waals surface area contributed by atoms with Gasteiger partial charge in [-0.05, 0) is 36.2 Å². The highest BCUT2D eigenvalue weighted by atomic mass is 32.2. The summed E-state index contributed by atoms with van der Waals surface area (Å²) in [4.78, 5) is 24.2. The molecule has 2 aromatic carbocycles. The number of nitrogens with one attached hydrogen (secondary N) is 3. The fraction of sp³-hybridized carbons (Fsp3) is 0.300. The van der Waals surface area contributed by atoms with Crippen molar-refractivity contribution in [2.75, 3.05) is 23.4 Å². The van der Waals surface area contributed by atoms with Gasteiger partial charge in [0.25, 0.3) is 5.91 Å². The van der Waals surface area contributed by atoms with Gasteiger partial charge in [0.05, 0.1) is 17.6 Å². The van der Waals surface area contributed by atoms with Gasteiger partial charge in [-0.1, -0.05) is 30.3 Å². The summed E-state index contributed by atoms with van der Waals surface area (Å²) in [5.74, 6) is -0.304. The summed E-state index contributed by atoms with van der Waals surface area (Å²) < 4.78 is 22.9. The zero-order valence-electron chi connectivity index (χ0n) is 15.7. The van der Waals surface area contributed by atoms with Crippen LogP contribution >= 0.6 is 0 Å². The Labute approximate surface area is 169 Å². The van der Waals surface area contributed by atoms with E-state index in [0.717, 1.165) is 0 Å². The molecule has 2 aromatic rings. The van der Waals surface area contributed by atoms with E-state index in [1.807, 2.05) is 18.2 Å². The Balaban J connectivity index is 1.47. The normalized spacial score (nSPS) is 18.6. The molecule has 1 saturated heterocycles. The summed E-state index contributed by atoms with van der Waals surface area (Å²) in [5, 5.41) is 18.0. The minimum Gasteiger partial charge on any atom is -0.387 e. The Kier molecular flexibility index (Phi) is 6.50. The molecule has 4 N–H and O–H groups in total. The van der Waals surface area contributed by atoms with Crippen molar-refractivity contribution in [1.82, 2.24) is 10.6 Å². The minimum absolute atomic E-state index is 0.0473. The molecule has 0 spiro atoms. The van der Waals surface area contributed by atoms with Gasteiger partial charge in [-0.2, -0.15) is 0 Å². The number of benzene rings is 2. The minimum atomic E-state index is -3.06. The first-order chi connectivity index (χ1) is 13.8. The number of hydrogen-bond acceptors (Lipinski definition) is 5. The number of urea groups is 1. The quantitative estimate of drug-likeness (QED) is 0.566. The lowest BCUT2D eigenvalue weighted by atomic mass is 10.1. The zero-order valence-corrected chi connectivity index (χ0v) is 16.5. The van der Waals surface area contributed by atoms with Crippen molar-refractivity contribution >= 4 is 27.5 Å². The average molecular weight is 417 g/mol. The average Bonchev–Trinajstić information content (AvgIpc) is 3.05. The maximum absolute atomic E-state index is 12.2. The molecule has 0 bridgehead atoms. The molecule has 29 heavy (non-hydrogen) atoms. The molecule has 0 radical (unpaired) electrons. The molecule has 1 fully saturated rings. The van der Waals surface area contributed by atoms with Gasteiger partial charge in [0.2, 0.25) is 0 Å². The van der Waals surface area contributed by atoms with Crippen LogP contribution < -0.4 is 16.0 Å². The molecule has 2 atom stereocenters. The van der Waals surface area contributed by atoms with E-state index < -0.39 is 22.0 Å². The van der Waals surface area contributed by atoms with Gasteiger partial charge in [0.1, 0.15) is 0 Å². The van der Waals surface area contributed by atoms with E-state index in [-0.39, 0.29) is 30.0 Å². The Bertz CT molecular complexity index is 961. The van der Waals surface area contributed by atoms with Crippen LogP contribution in [-0.4, -0.2) is 49.6 Å². The summed E-state index contributed by atoms with van der Waals surface area (Å²) in [6.45, 7) is 0.0789. The second-order valence-corrected chi connectivity index (χ2v) is 9.14. The third-order valence-electron chi connectivity index (χ3n) is 4.61. The maximum Gasteiger partial charge on any atom is 0.319 e. The molecule has 0 saturated carbocycles. The number of rotatable bonds is 6. The van der Waals surface area contributed by atoms with E-state index in [0.29, 0.717) is 23.2 Å². The van der Waals surface area contributed by atoms with Gasteiger partial charge in [-0.15, -0.1) is 0 Å². The maximum atomic E-state index is 12.2. The topological polar surface area (TPSA) is 125 Å². The Hall–Kier alpha value is -2.91. The van der Waals surface area contributed by atoms with Crippen LogP contribution in [-0.2, 0) is 9.84 Å². The third-order valence-corrected chi connectivity index (χ3v) is 6.38. The van der Waals surface area contributed by atoms with Crippen molar-refractivity contribution in [1.29, 1.82) is 0 Å². The van der Waals surface area contributed by atoms with Crippen molar-refractivity contribution in [3.63, 3.8) is 0 Å². The summed E-state index contributed by atoms with van der Waals surface area (Å²) >= 11 is 0. The first-order valence-electron chi connectivity index (χ1n) is 9.21. The summed E-state index contributed by atoms with van der Waals surface area (Å²) in [6, 6.07) is 14.4. The number of amides is 3. The summed E-state index contributed by atoms with van der Waals surface area (Å²) in [6.07, 6.45) is -0.395. The molecule has 1 heterocycles. The smallest absolute Gasteiger partial charge is 0.319 e. The molecule has 1 aliphatic heterocycles. The number of carbonyl (C=O) groups excluding carboxylic acids is 2. The lowest BCUT2D eigenvalue weighted by Crippen LogP contribution is -2.38. The van der Waals surface area contributed by atoms with Crippen molar-refractivity contribution in [2.24, 2.45) is 0 Å². The van der Waals surface area contributed by atoms with Crippen LogP contribution in [0.15, 0.2) is 54.6 Å². The lowest BCUT2D eigenvalue weighted by Gasteiger charge is -2.13. The highest BCUT2D eigenvalue weighted by Gasteiger charge is 2.28. The van der Waals surface area contributed by atoms with Gasteiger partial charge in [0, 0.05) is 23.8 Å². The van der Waals surface area contributed by atoms with Crippen LogP contribution in [0, 0.1) is 0 Å². The number of aliphatic hydroxyl groups is 1. The summed E-state index contributed by atoms with van der Waals surface area (Å²) in [7, 11) is -3.06. The van der Waals surface area contributed by atoms with Crippen LogP contribution in [0.1, 0.15) is 28.4 Å². The fourth-order valence-electron chi connectivity index (χ4n) is 3.05. The molecular weight excluding hydrogens is 394 g/mol. The highest BCUT2D eigenvalue weighted by Crippen LogP contribution is 2.14. The number of carbonyl (C=O) groups is 2. The molecule has 0 unspecified atom stereocenters. The van der Waals surface area contributed by atoms with E-state index in [1.165, 1.54) is 0 Å². The first-order valence-corrected chi connectivity index (χ1v) is 11.0. The first kappa shape index (κ1) is 20.8.